The Hall–Kier alpha value is -2.00. The molecule has 0 saturated heterocycles. The maximum Gasteiger partial charge on any atom is 0.169 e. The second-order valence-corrected chi connectivity index (χ2v) is 5.31. The molecule has 20 heavy (non-hydrogen) atoms. The van der Waals surface area contributed by atoms with Crippen LogP contribution in [0.1, 0.15) is 0 Å². The third-order valence-electron chi connectivity index (χ3n) is 3.34. The van der Waals surface area contributed by atoms with Crippen molar-refractivity contribution in [2.45, 2.75) is 6.10 Å². The molecule has 3 rings (SSSR count). The van der Waals surface area contributed by atoms with Gasteiger partial charge in [0.2, 0.25) is 0 Å². The van der Waals surface area contributed by atoms with Gasteiger partial charge in [0.1, 0.15) is 12.7 Å². The molecule has 0 saturated carbocycles. The summed E-state index contributed by atoms with van der Waals surface area (Å²) < 4.78 is 12.0. The number of para-hydroxylation sites is 1. The van der Waals surface area contributed by atoms with E-state index >= 15 is 0 Å². The van der Waals surface area contributed by atoms with Gasteiger partial charge in [0, 0.05) is 12.1 Å². The molecule has 3 nitrogen and oxygen atoms in total. The first kappa shape index (κ1) is 13.0. The highest BCUT2D eigenvalue weighted by atomic mass is 16.6. The van der Waals surface area contributed by atoms with Crippen molar-refractivity contribution in [3.63, 3.8) is 0 Å². The van der Waals surface area contributed by atoms with E-state index in [0.29, 0.717) is 6.61 Å². The number of hydrogen-bond acceptors (Lipinski definition) is 3. The molecule has 0 bridgehead atoms. The van der Waals surface area contributed by atoms with E-state index in [1.165, 1.54) is 0 Å². The summed E-state index contributed by atoms with van der Waals surface area (Å²) in [5, 5.41) is 0. The van der Waals surface area contributed by atoms with Crippen molar-refractivity contribution < 1.29 is 9.47 Å². The van der Waals surface area contributed by atoms with Gasteiger partial charge in [-0.05, 0) is 25.7 Å². The van der Waals surface area contributed by atoms with Crippen LogP contribution < -0.4 is 9.47 Å². The molecule has 104 valence electrons. The van der Waals surface area contributed by atoms with E-state index in [1.54, 1.807) is 0 Å². The Morgan fingerprint density at radius 1 is 1.05 bits per heavy atom. The van der Waals surface area contributed by atoms with Gasteiger partial charge in [0.15, 0.2) is 11.5 Å². The fourth-order valence-electron chi connectivity index (χ4n) is 2.48. The highest BCUT2D eigenvalue weighted by Crippen LogP contribution is 2.40. The monoisotopic (exact) mass is 269 g/mol. The zero-order valence-electron chi connectivity index (χ0n) is 11.9. The minimum absolute atomic E-state index is 0.0716. The number of ether oxygens (including phenoxy) is 2. The van der Waals surface area contributed by atoms with Crippen LogP contribution in [0.4, 0.5) is 0 Å². The summed E-state index contributed by atoms with van der Waals surface area (Å²) in [7, 11) is 4.09. The average Bonchev–Trinajstić information content (AvgIpc) is 2.47. The first-order valence-electron chi connectivity index (χ1n) is 6.86. The standard InChI is InChI=1S/C17H19NO2/c1-18(2)11-14-12-19-16-10-6-9-15(17(16)20-14)13-7-4-3-5-8-13/h3-10,14H,11-12H2,1-2H3/t14-/m0/s1. The zero-order chi connectivity index (χ0) is 13.9. The quantitative estimate of drug-likeness (QED) is 0.855. The molecular weight excluding hydrogens is 250 g/mol. The van der Waals surface area contributed by atoms with Gasteiger partial charge in [-0.3, -0.25) is 0 Å². The number of nitrogens with zero attached hydrogens (tertiary/aromatic N) is 1. The van der Waals surface area contributed by atoms with Crippen molar-refractivity contribution >= 4 is 0 Å². The number of fused-ring (bicyclic) bond motifs is 1. The molecule has 0 amide bonds. The lowest BCUT2D eigenvalue weighted by Crippen LogP contribution is -2.38. The molecule has 0 radical (unpaired) electrons. The molecule has 1 heterocycles. The van der Waals surface area contributed by atoms with Crippen molar-refractivity contribution in [2.75, 3.05) is 27.2 Å². The molecule has 0 unspecified atom stereocenters. The fraction of sp³-hybridized carbons (Fsp3) is 0.294. The average molecular weight is 269 g/mol. The van der Waals surface area contributed by atoms with E-state index < -0.39 is 0 Å². The molecular formula is C17H19NO2. The topological polar surface area (TPSA) is 21.7 Å². The van der Waals surface area contributed by atoms with Gasteiger partial charge in [0.25, 0.3) is 0 Å². The predicted octanol–water partition coefficient (Wildman–Crippen LogP) is 3.06. The lowest BCUT2D eigenvalue weighted by molar-refractivity contribution is 0.0717. The van der Waals surface area contributed by atoms with Crippen LogP contribution in [-0.2, 0) is 0 Å². The third kappa shape index (κ3) is 2.63. The van der Waals surface area contributed by atoms with Crippen LogP contribution in [0.25, 0.3) is 11.1 Å². The van der Waals surface area contributed by atoms with Crippen molar-refractivity contribution in [1.82, 2.24) is 4.90 Å². The Morgan fingerprint density at radius 3 is 2.60 bits per heavy atom. The smallest absolute Gasteiger partial charge is 0.169 e. The number of benzene rings is 2. The first-order chi connectivity index (χ1) is 9.74. The maximum absolute atomic E-state index is 6.16. The summed E-state index contributed by atoms with van der Waals surface area (Å²) >= 11 is 0. The van der Waals surface area contributed by atoms with Gasteiger partial charge in [-0.1, -0.05) is 42.5 Å². The molecule has 0 aromatic heterocycles. The van der Waals surface area contributed by atoms with E-state index in [1.807, 2.05) is 44.4 Å². The summed E-state index contributed by atoms with van der Waals surface area (Å²) in [6.45, 7) is 1.45. The molecule has 2 aromatic rings. The van der Waals surface area contributed by atoms with Gasteiger partial charge >= 0.3 is 0 Å². The van der Waals surface area contributed by atoms with Crippen molar-refractivity contribution in [3.8, 4) is 22.6 Å². The predicted molar refractivity (Wildman–Crippen MR) is 80.3 cm³/mol. The lowest BCUT2D eigenvalue weighted by Gasteiger charge is -2.29. The molecule has 1 atom stereocenters. The Labute approximate surface area is 119 Å². The lowest BCUT2D eigenvalue weighted by atomic mass is 10.0. The van der Waals surface area contributed by atoms with E-state index in [-0.39, 0.29) is 6.10 Å². The van der Waals surface area contributed by atoms with Crippen LogP contribution in [0.2, 0.25) is 0 Å². The number of rotatable bonds is 3. The van der Waals surface area contributed by atoms with Gasteiger partial charge < -0.3 is 14.4 Å². The molecule has 0 spiro atoms. The zero-order valence-corrected chi connectivity index (χ0v) is 11.9. The van der Waals surface area contributed by atoms with Crippen molar-refractivity contribution in [3.05, 3.63) is 48.5 Å². The van der Waals surface area contributed by atoms with E-state index in [4.69, 9.17) is 9.47 Å². The van der Waals surface area contributed by atoms with E-state index in [0.717, 1.165) is 29.2 Å². The van der Waals surface area contributed by atoms with E-state index in [9.17, 15) is 0 Å². The van der Waals surface area contributed by atoms with Crippen molar-refractivity contribution in [1.29, 1.82) is 0 Å². The van der Waals surface area contributed by atoms with E-state index in [2.05, 4.69) is 23.1 Å². The SMILES string of the molecule is CN(C)C[C@H]1COc2cccc(-c3ccccc3)c2O1. The second-order valence-electron chi connectivity index (χ2n) is 5.31. The molecule has 1 aliphatic heterocycles. The minimum atomic E-state index is 0.0716. The van der Waals surface area contributed by atoms with Crippen LogP contribution >= 0.6 is 0 Å². The summed E-state index contributed by atoms with van der Waals surface area (Å²) in [5.74, 6) is 1.69. The van der Waals surface area contributed by atoms with Crippen LogP contribution in [-0.4, -0.2) is 38.3 Å². The molecule has 3 heteroatoms. The maximum atomic E-state index is 6.16. The number of hydrogen-bond donors (Lipinski definition) is 0. The van der Waals surface area contributed by atoms with Crippen LogP contribution in [0, 0.1) is 0 Å². The summed E-state index contributed by atoms with van der Waals surface area (Å²) in [5.41, 5.74) is 2.24. The fourth-order valence-corrected chi connectivity index (χ4v) is 2.48. The third-order valence-corrected chi connectivity index (χ3v) is 3.34. The molecule has 2 aromatic carbocycles. The number of likely N-dealkylation sites (N-methyl/N-ethyl adjacent to an activating group) is 1. The minimum Gasteiger partial charge on any atom is -0.486 e. The summed E-state index contributed by atoms with van der Waals surface area (Å²) in [6.07, 6.45) is 0.0716. The largest absolute Gasteiger partial charge is 0.486 e. The second kappa shape index (κ2) is 5.55. The Bertz CT molecular complexity index is 581. The molecule has 0 N–H and O–H groups in total. The molecule has 1 aliphatic rings. The highest BCUT2D eigenvalue weighted by Gasteiger charge is 2.24. The Balaban J connectivity index is 1.95. The highest BCUT2D eigenvalue weighted by molar-refractivity contribution is 5.74. The molecule has 0 aliphatic carbocycles. The molecule has 0 fully saturated rings. The summed E-state index contributed by atoms with van der Waals surface area (Å²) in [6, 6.07) is 16.3. The van der Waals surface area contributed by atoms with Gasteiger partial charge in [-0.25, -0.2) is 0 Å². The Kier molecular flexibility index (Phi) is 3.61. The van der Waals surface area contributed by atoms with Gasteiger partial charge in [0.05, 0.1) is 0 Å². The van der Waals surface area contributed by atoms with Gasteiger partial charge in [-0.15, -0.1) is 0 Å². The Morgan fingerprint density at radius 2 is 1.85 bits per heavy atom. The summed E-state index contributed by atoms with van der Waals surface area (Å²) in [4.78, 5) is 2.12. The van der Waals surface area contributed by atoms with Crippen LogP contribution in [0.15, 0.2) is 48.5 Å². The van der Waals surface area contributed by atoms with Crippen molar-refractivity contribution in [2.24, 2.45) is 0 Å². The van der Waals surface area contributed by atoms with Gasteiger partial charge in [-0.2, -0.15) is 0 Å². The first-order valence-corrected chi connectivity index (χ1v) is 6.86. The normalized spacial score (nSPS) is 17.2. The van der Waals surface area contributed by atoms with Crippen LogP contribution in [0.5, 0.6) is 11.5 Å². The van der Waals surface area contributed by atoms with Crippen LogP contribution in [0.3, 0.4) is 0 Å².